The van der Waals surface area contributed by atoms with Gasteiger partial charge in [0, 0.05) is 7.05 Å². The van der Waals surface area contributed by atoms with Crippen LogP contribution < -0.4 is 5.73 Å². The van der Waals surface area contributed by atoms with Crippen LogP contribution in [0.5, 0.6) is 0 Å². The molecule has 0 aliphatic rings. The molecule has 0 spiro atoms. The number of aromatic nitrogens is 2. The molecule has 1 heterocycles. The fourth-order valence-electron chi connectivity index (χ4n) is 1.54. The molecule has 1 unspecified atom stereocenters. The van der Waals surface area contributed by atoms with E-state index in [1.807, 2.05) is 0 Å². The Bertz CT molecular complexity index is 543. The topological polar surface area (TPSA) is 125 Å². The fraction of sp³-hybridized carbons (Fsp3) is 0.556. The quantitative estimate of drug-likeness (QED) is 0.303. The number of hydrogen-bond donors (Lipinski definition) is 3. The summed E-state index contributed by atoms with van der Waals surface area (Å²) in [5.41, 5.74) is 6.24. The van der Waals surface area contributed by atoms with Crippen LogP contribution in [0.1, 0.15) is 18.3 Å². The normalized spacial score (nSPS) is 15.1. The van der Waals surface area contributed by atoms with E-state index in [-0.39, 0.29) is 10.7 Å². The molecule has 102 valence electrons. The second-order valence-electron chi connectivity index (χ2n) is 3.99. The van der Waals surface area contributed by atoms with Crippen LogP contribution in [0.3, 0.4) is 0 Å². The van der Waals surface area contributed by atoms with Crippen LogP contribution in [0.2, 0.25) is 0 Å². The van der Waals surface area contributed by atoms with E-state index in [1.165, 1.54) is 14.0 Å². The van der Waals surface area contributed by atoms with Gasteiger partial charge in [-0.2, -0.15) is 9.40 Å². The highest BCUT2D eigenvalue weighted by atomic mass is 32.2. The van der Waals surface area contributed by atoms with Crippen molar-refractivity contribution in [2.45, 2.75) is 31.7 Å². The minimum atomic E-state index is -3.74. The van der Waals surface area contributed by atoms with Crippen molar-refractivity contribution in [3.8, 4) is 0 Å². The van der Waals surface area contributed by atoms with Crippen LogP contribution in [-0.2, 0) is 10.0 Å². The summed E-state index contributed by atoms with van der Waals surface area (Å²) in [5, 5.41) is 17.9. The maximum absolute atomic E-state index is 12.4. The first kappa shape index (κ1) is 14.5. The first-order chi connectivity index (χ1) is 8.23. The van der Waals surface area contributed by atoms with Crippen LogP contribution in [0.15, 0.2) is 10.1 Å². The molecule has 1 rings (SSSR count). The zero-order valence-electron chi connectivity index (χ0n) is 10.7. The number of aromatic amines is 1. The van der Waals surface area contributed by atoms with Gasteiger partial charge in [0.2, 0.25) is 10.0 Å². The van der Waals surface area contributed by atoms with Gasteiger partial charge in [-0.25, -0.2) is 8.42 Å². The molecule has 0 radical (unpaired) electrons. The molecule has 0 fully saturated rings. The summed E-state index contributed by atoms with van der Waals surface area (Å²) in [4.78, 5) is 0.114. The monoisotopic (exact) mass is 275 g/mol. The van der Waals surface area contributed by atoms with Crippen LogP contribution >= 0.6 is 0 Å². The highest BCUT2D eigenvalue weighted by molar-refractivity contribution is 7.89. The molecule has 1 aromatic rings. The zero-order valence-corrected chi connectivity index (χ0v) is 11.5. The minimum absolute atomic E-state index is 0.114. The zero-order chi connectivity index (χ0) is 14.1. The number of hydrogen-bond acceptors (Lipinski definition) is 5. The maximum Gasteiger partial charge on any atom is 0.247 e. The van der Waals surface area contributed by atoms with Gasteiger partial charge in [-0.3, -0.25) is 5.10 Å². The Hall–Kier alpha value is -1.61. The summed E-state index contributed by atoms with van der Waals surface area (Å²) in [6.45, 7) is 4.74. The third-order valence-electron chi connectivity index (χ3n) is 2.79. The number of nitrogens with two attached hydrogens (primary N) is 1. The van der Waals surface area contributed by atoms with E-state index in [9.17, 15) is 8.42 Å². The van der Waals surface area contributed by atoms with Crippen molar-refractivity contribution in [3.05, 3.63) is 11.4 Å². The molecule has 1 aromatic heterocycles. The average Bonchev–Trinajstić information content (AvgIpc) is 2.66. The summed E-state index contributed by atoms with van der Waals surface area (Å²) in [5.74, 6) is -0.181. The average molecular weight is 275 g/mol. The van der Waals surface area contributed by atoms with E-state index >= 15 is 0 Å². The number of likely N-dealkylation sites (N-methyl/N-ethyl adjacent to an activating group) is 1. The molecule has 0 bridgehead atoms. The number of nitrogens with one attached hydrogen (secondary N) is 1. The van der Waals surface area contributed by atoms with E-state index in [2.05, 4.69) is 15.4 Å². The van der Waals surface area contributed by atoms with Crippen molar-refractivity contribution in [3.63, 3.8) is 0 Å². The Labute approximate surface area is 106 Å². The van der Waals surface area contributed by atoms with Gasteiger partial charge in [-0.05, 0) is 20.8 Å². The van der Waals surface area contributed by atoms with Gasteiger partial charge in [-0.15, -0.1) is 0 Å². The predicted molar refractivity (Wildman–Crippen MR) is 65.9 cm³/mol. The van der Waals surface area contributed by atoms with E-state index in [0.717, 1.165) is 4.31 Å². The van der Waals surface area contributed by atoms with Crippen molar-refractivity contribution < 1.29 is 13.6 Å². The molecule has 0 aliphatic heterocycles. The molecule has 0 saturated carbocycles. The second kappa shape index (κ2) is 4.94. The largest absolute Gasteiger partial charge is 0.409 e. The van der Waals surface area contributed by atoms with Crippen LogP contribution in [-0.4, -0.2) is 47.1 Å². The van der Waals surface area contributed by atoms with Gasteiger partial charge >= 0.3 is 0 Å². The summed E-state index contributed by atoms with van der Waals surface area (Å²) in [6, 6.07) is -0.756. The third kappa shape index (κ3) is 2.31. The molecule has 1 atom stereocenters. The summed E-state index contributed by atoms with van der Waals surface area (Å²) in [7, 11) is -2.38. The number of oxime groups is 1. The molecule has 8 nitrogen and oxygen atoms in total. The van der Waals surface area contributed by atoms with Crippen LogP contribution in [0.25, 0.3) is 0 Å². The molecular formula is C9H17N5O3S. The fourth-order valence-corrected chi connectivity index (χ4v) is 3.21. The first-order valence-electron chi connectivity index (χ1n) is 5.20. The van der Waals surface area contributed by atoms with Crippen molar-refractivity contribution >= 4 is 15.9 Å². The summed E-state index contributed by atoms with van der Waals surface area (Å²) < 4.78 is 25.8. The lowest BCUT2D eigenvalue weighted by Gasteiger charge is -2.23. The SMILES string of the molecule is Cc1n[nH]c(C)c1S(=O)(=O)N(C)C(C)C(N)=NO. The van der Waals surface area contributed by atoms with Gasteiger partial charge in [0.25, 0.3) is 0 Å². The van der Waals surface area contributed by atoms with Crippen LogP contribution in [0.4, 0.5) is 0 Å². The first-order valence-corrected chi connectivity index (χ1v) is 6.64. The Morgan fingerprint density at radius 2 is 2.11 bits per heavy atom. The van der Waals surface area contributed by atoms with E-state index in [1.54, 1.807) is 13.8 Å². The molecule has 18 heavy (non-hydrogen) atoms. The van der Waals surface area contributed by atoms with Gasteiger partial charge < -0.3 is 10.9 Å². The summed E-state index contributed by atoms with van der Waals surface area (Å²) in [6.07, 6.45) is 0. The van der Waals surface area contributed by atoms with Gasteiger partial charge in [0.15, 0.2) is 5.84 Å². The Morgan fingerprint density at radius 3 is 2.50 bits per heavy atom. The highest BCUT2D eigenvalue weighted by Crippen LogP contribution is 2.21. The van der Waals surface area contributed by atoms with Crippen molar-refractivity contribution in [1.82, 2.24) is 14.5 Å². The number of sulfonamides is 1. The van der Waals surface area contributed by atoms with E-state index < -0.39 is 16.1 Å². The Balaban J connectivity index is 3.24. The van der Waals surface area contributed by atoms with Crippen molar-refractivity contribution in [2.24, 2.45) is 10.9 Å². The molecular weight excluding hydrogens is 258 g/mol. The van der Waals surface area contributed by atoms with E-state index in [4.69, 9.17) is 10.9 Å². The number of amidine groups is 1. The predicted octanol–water partition coefficient (Wildman–Crippen LogP) is -0.218. The van der Waals surface area contributed by atoms with Gasteiger partial charge in [0.05, 0.1) is 17.4 Å². The lowest BCUT2D eigenvalue weighted by Crippen LogP contribution is -2.43. The third-order valence-corrected chi connectivity index (χ3v) is 4.98. The molecule has 9 heteroatoms. The molecule has 0 aliphatic carbocycles. The highest BCUT2D eigenvalue weighted by Gasteiger charge is 2.31. The Morgan fingerprint density at radius 1 is 1.56 bits per heavy atom. The maximum atomic E-state index is 12.4. The number of nitrogens with zero attached hydrogens (tertiary/aromatic N) is 3. The lowest BCUT2D eigenvalue weighted by molar-refractivity contribution is 0.311. The van der Waals surface area contributed by atoms with Gasteiger partial charge in [0.1, 0.15) is 4.90 Å². The van der Waals surface area contributed by atoms with Crippen molar-refractivity contribution in [1.29, 1.82) is 0 Å². The molecule has 4 N–H and O–H groups in total. The van der Waals surface area contributed by atoms with E-state index in [0.29, 0.717) is 11.4 Å². The smallest absolute Gasteiger partial charge is 0.247 e. The molecule has 0 aromatic carbocycles. The van der Waals surface area contributed by atoms with Crippen molar-refractivity contribution in [2.75, 3.05) is 7.05 Å². The van der Waals surface area contributed by atoms with Gasteiger partial charge in [-0.1, -0.05) is 5.16 Å². The van der Waals surface area contributed by atoms with Crippen LogP contribution in [0, 0.1) is 13.8 Å². The molecule has 0 saturated heterocycles. The standard InChI is InChI=1S/C9H17N5O3S/c1-5-8(6(2)12-11-5)18(16,17)14(4)7(3)9(10)13-15/h7,15H,1-4H3,(H2,10,13)(H,11,12). The number of H-pyrrole nitrogens is 1. The minimum Gasteiger partial charge on any atom is -0.409 e. The number of aryl methyl sites for hydroxylation is 2. The summed E-state index contributed by atoms with van der Waals surface area (Å²) >= 11 is 0. The number of rotatable bonds is 4. The second-order valence-corrected chi connectivity index (χ2v) is 5.92. The lowest BCUT2D eigenvalue weighted by atomic mass is 10.3. The molecule has 0 amide bonds. The Kier molecular flexibility index (Phi) is 3.97.